The van der Waals surface area contributed by atoms with E-state index in [-0.39, 0.29) is 11.2 Å². The number of hydrogen-bond acceptors (Lipinski definition) is 4. The molecule has 6 nitrogen and oxygen atoms in total. The number of rotatable bonds is 5. The number of thioether (sulfide) groups is 1. The highest BCUT2D eigenvalue weighted by atomic mass is 32.2. The van der Waals surface area contributed by atoms with Crippen LogP contribution in [0.15, 0.2) is 0 Å². The Bertz CT molecular complexity index is 284. The van der Waals surface area contributed by atoms with Gasteiger partial charge in [0.1, 0.15) is 13.1 Å². The molecule has 1 fully saturated rings. The largest absolute Gasteiger partial charge is 0.480 e. The van der Waals surface area contributed by atoms with E-state index in [1.54, 1.807) is 0 Å². The summed E-state index contributed by atoms with van der Waals surface area (Å²) >= 11 is 1.46. The van der Waals surface area contributed by atoms with Crippen LogP contribution in [0.3, 0.4) is 0 Å². The zero-order chi connectivity index (χ0) is 12.1. The smallest absolute Gasteiger partial charge is 0.323 e. The van der Waals surface area contributed by atoms with Crippen molar-refractivity contribution in [3.05, 3.63) is 0 Å². The molecule has 0 radical (unpaired) electrons. The average molecular weight is 247 g/mol. The molecule has 1 rings (SSSR count). The fraction of sp³-hybridized carbons (Fsp3) is 0.667. The lowest BCUT2D eigenvalue weighted by Gasteiger charge is -2.21. The number of carbonyl (C=O) groups excluding carboxylic acids is 1. The number of nitrogens with zero attached hydrogens (tertiary/aromatic N) is 1. The summed E-state index contributed by atoms with van der Waals surface area (Å²) in [5.41, 5.74) is 0. The van der Waals surface area contributed by atoms with Gasteiger partial charge in [0.05, 0.1) is 5.25 Å². The van der Waals surface area contributed by atoms with E-state index in [2.05, 4.69) is 0 Å². The molecule has 0 spiro atoms. The summed E-state index contributed by atoms with van der Waals surface area (Å²) in [6.45, 7) is -1.11. The number of amides is 1. The summed E-state index contributed by atoms with van der Waals surface area (Å²) in [5, 5.41) is 16.9. The molecule has 1 amide bonds. The fourth-order valence-corrected chi connectivity index (χ4v) is 2.76. The van der Waals surface area contributed by atoms with Crippen molar-refractivity contribution in [3.63, 3.8) is 0 Å². The van der Waals surface area contributed by atoms with Crippen molar-refractivity contribution in [2.24, 2.45) is 0 Å². The Morgan fingerprint density at radius 1 is 1.19 bits per heavy atom. The maximum Gasteiger partial charge on any atom is 0.323 e. The molecule has 2 N–H and O–H groups in total. The van der Waals surface area contributed by atoms with Gasteiger partial charge in [-0.1, -0.05) is 0 Å². The third-order valence-corrected chi connectivity index (χ3v) is 3.53. The van der Waals surface area contributed by atoms with Crippen LogP contribution in [0.25, 0.3) is 0 Å². The molecule has 90 valence electrons. The second-order valence-corrected chi connectivity index (χ2v) is 4.79. The second kappa shape index (κ2) is 5.74. The molecule has 0 aromatic rings. The zero-order valence-electron chi connectivity index (χ0n) is 8.59. The molecular formula is C9H13NO5S. The van der Waals surface area contributed by atoms with Gasteiger partial charge in [0.2, 0.25) is 5.91 Å². The van der Waals surface area contributed by atoms with E-state index in [4.69, 9.17) is 10.2 Å². The molecule has 0 aliphatic carbocycles. The lowest BCUT2D eigenvalue weighted by molar-refractivity contribution is -0.149. The Balaban J connectivity index is 2.62. The molecule has 0 aromatic carbocycles. The predicted octanol–water partition coefficient (Wildman–Crippen LogP) is -0.120. The molecule has 0 saturated carbocycles. The number of carboxylic acids is 2. The summed E-state index contributed by atoms with van der Waals surface area (Å²) in [6.07, 6.45) is 1.61. The highest BCUT2D eigenvalue weighted by Gasteiger charge is 2.29. The maximum absolute atomic E-state index is 11.8. The minimum absolute atomic E-state index is 0.279. The second-order valence-electron chi connectivity index (χ2n) is 3.48. The first-order chi connectivity index (χ1) is 7.50. The van der Waals surface area contributed by atoms with Gasteiger partial charge in [0.25, 0.3) is 0 Å². The van der Waals surface area contributed by atoms with Crippen LogP contribution in [0.4, 0.5) is 0 Å². The Morgan fingerprint density at radius 3 is 2.12 bits per heavy atom. The van der Waals surface area contributed by atoms with Gasteiger partial charge < -0.3 is 15.1 Å². The van der Waals surface area contributed by atoms with Gasteiger partial charge in [-0.2, -0.15) is 0 Å². The predicted molar refractivity (Wildman–Crippen MR) is 57.3 cm³/mol. The molecule has 1 aliphatic heterocycles. The third kappa shape index (κ3) is 3.73. The van der Waals surface area contributed by atoms with Gasteiger partial charge in [-0.25, -0.2) is 0 Å². The number of hydrogen-bond donors (Lipinski definition) is 2. The molecule has 1 atom stereocenters. The Morgan fingerprint density at radius 2 is 1.75 bits per heavy atom. The Kier molecular flexibility index (Phi) is 4.60. The van der Waals surface area contributed by atoms with Crippen LogP contribution in [-0.4, -0.2) is 57.1 Å². The number of aliphatic carboxylic acids is 2. The van der Waals surface area contributed by atoms with Gasteiger partial charge in [0.15, 0.2) is 0 Å². The number of carboxylic acid groups (broad SMARTS) is 2. The normalized spacial score (nSPS) is 19.4. The topological polar surface area (TPSA) is 94.9 Å². The SMILES string of the molecule is O=C(O)CN(CC(=O)O)C(=O)C1CCCS1. The minimum atomic E-state index is -1.20. The highest BCUT2D eigenvalue weighted by molar-refractivity contribution is 8.00. The monoisotopic (exact) mass is 247 g/mol. The van der Waals surface area contributed by atoms with Crippen molar-refractivity contribution in [3.8, 4) is 0 Å². The van der Waals surface area contributed by atoms with Crippen molar-refractivity contribution in [2.45, 2.75) is 18.1 Å². The quantitative estimate of drug-likeness (QED) is 0.703. The molecule has 1 heterocycles. The van der Waals surface area contributed by atoms with E-state index in [0.717, 1.165) is 17.1 Å². The number of carbonyl (C=O) groups is 3. The van der Waals surface area contributed by atoms with E-state index in [1.165, 1.54) is 11.8 Å². The van der Waals surface area contributed by atoms with Crippen LogP contribution in [0.1, 0.15) is 12.8 Å². The molecule has 0 aromatic heterocycles. The van der Waals surface area contributed by atoms with Crippen LogP contribution in [0.5, 0.6) is 0 Å². The summed E-state index contributed by atoms with van der Waals surface area (Å²) in [5.74, 6) is -1.91. The standard InChI is InChI=1S/C9H13NO5S/c11-7(12)4-10(5-8(13)14)9(15)6-2-1-3-16-6/h6H,1-5H2,(H,11,12)(H,13,14). The van der Waals surface area contributed by atoms with Crippen LogP contribution < -0.4 is 0 Å². The molecule has 7 heteroatoms. The molecular weight excluding hydrogens is 234 g/mol. The van der Waals surface area contributed by atoms with Crippen molar-refractivity contribution >= 4 is 29.6 Å². The minimum Gasteiger partial charge on any atom is -0.480 e. The average Bonchev–Trinajstić information content (AvgIpc) is 2.66. The fourth-order valence-electron chi connectivity index (χ4n) is 1.51. The van der Waals surface area contributed by atoms with Gasteiger partial charge >= 0.3 is 11.9 Å². The first kappa shape index (κ1) is 12.8. The van der Waals surface area contributed by atoms with Crippen molar-refractivity contribution in [1.82, 2.24) is 4.90 Å². The summed E-state index contributed by atoms with van der Waals surface area (Å²) < 4.78 is 0. The van der Waals surface area contributed by atoms with E-state index in [1.807, 2.05) is 0 Å². The van der Waals surface area contributed by atoms with E-state index in [9.17, 15) is 14.4 Å². The van der Waals surface area contributed by atoms with E-state index in [0.29, 0.717) is 6.42 Å². The Hall–Kier alpha value is -1.24. The van der Waals surface area contributed by atoms with Gasteiger partial charge in [-0.15, -0.1) is 11.8 Å². The maximum atomic E-state index is 11.8. The summed E-state index contributed by atoms with van der Waals surface area (Å²) in [7, 11) is 0. The molecule has 1 saturated heterocycles. The van der Waals surface area contributed by atoms with Crippen molar-refractivity contribution < 1.29 is 24.6 Å². The molecule has 0 bridgehead atoms. The van der Waals surface area contributed by atoms with Crippen LogP contribution in [-0.2, 0) is 14.4 Å². The molecule has 1 aliphatic rings. The highest BCUT2D eigenvalue weighted by Crippen LogP contribution is 2.27. The van der Waals surface area contributed by atoms with Gasteiger partial charge in [-0.3, -0.25) is 14.4 Å². The first-order valence-corrected chi connectivity index (χ1v) is 5.89. The van der Waals surface area contributed by atoms with Gasteiger partial charge in [-0.05, 0) is 18.6 Å². The van der Waals surface area contributed by atoms with Crippen LogP contribution in [0.2, 0.25) is 0 Å². The Labute approximate surface area is 96.6 Å². The molecule has 1 unspecified atom stereocenters. The lowest BCUT2D eigenvalue weighted by atomic mass is 10.2. The third-order valence-electron chi connectivity index (χ3n) is 2.17. The van der Waals surface area contributed by atoms with Crippen LogP contribution in [0, 0.1) is 0 Å². The summed E-state index contributed by atoms with van der Waals surface area (Å²) in [6, 6.07) is 0. The van der Waals surface area contributed by atoms with E-state index < -0.39 is 25.0 Å². The van der Waals surface area contributed by atoms with Crippen molar-refractivity contribution in [1.29, 1.82) is 0 Å². The van der Waals surface area contributed by atoms with Crippen molar-refractivity contribution in [2.75, 3.05) is 18.8 Å². The van der Waals surface area contributed by atoms with E-state index >= 15 is 0 Å². The zero-order valence-corrected chi connectivity index (χ0v) is 9.40. The molecule has 16 heavy (non-hydrogen) atoms. The first-order valence-electron chi connectivity index (χ1n) is 4.84. The van der Waals surface area contributed by atoms with Gasteiger partial charge in [0, 0.05) is 0 Å². The van der Waals surface area contributed by atoms with Crippen LogP contribution >= 0.6 is 11.8 Å². The summed E-state index contributed by atoms with van der Waals surface area (Å²) in [4.78, 5) is 33.7. The lowest BCUT2D eigenvalue weighted by Crippen LogP contribution is -2.43.